The number of methoxy groups -OCH3 is 1. The molecule has 1 N–H and O–H groups in total. The van der Waals surface area contributed by atoms with E-state index in [-0.39, 0.29) is 17.2 Å². The molecule has 1 aromatic heterocycles. The lowest BCUT2D eigenvalue weighted by Crippen LogP contribution is -2.06. The second-order valence-electron chi connectivity index (χ2n) is 5.26. The molecule has 0 atom stereocenters. The number of carbonyl (C=O) groups is 1. The van der Waals surface area contributed by atoms with Crippen molar-refractivity contribution in [3.8, 4) is 6.07 Å². The van der Waals surface area contributed by atoms with E-state index in [1.807, 2.05) is 66.7 Å². The Labute approximate surface area is 150 Å². The van der Waals surface area contributed by atoms with Crippen LogP contribution in [0, 0.1) is 11.3 Å². The Bertz CT molecular complexity index is 929. The molecule has 0 unspecified atom stereocenters. The quantitative estimate of drug-likeness (QED) is 0.432. The molecule has 128 valence electrons. The van der Waals surface area contributed by atoms with Crippen LogP contribution in [-0.4, -0.2) is 18.8 Å². The minimum atomic E-state index is -0.662. The highest BCUT2D eigenvalue weighted by Gasteiger charge is 2.17. The molecule has 6 nitrogen and oxygen atoms in total. The zero-order valence-corrected chi connectivity index (χ0v) is 14.0. The maximum absolute atomic E-state index is 11.6. The van der Waals surface area contributed by atoms with E-state index in [2.05, 4.69) is 15.3 Å². The van der Waals surface area contributed by atoms with Crippen LogP contribution < -0.4 is 5.43 Å². The molecule has 0 bridgehead atoms. The second-order valence-corrected chi connectivity index (χ2v) is 5.26. The summed E-state index contributed by atoms with van der Waals surface area (Å²) in [6.45, 7) is 0. The van der Waals surface area contributed by atoms with Crippen molar-refractivity contribution >= 4 is 17.4 Å². The predicted molar refractivity (Wildman–Crippen MR) is 96.9 cm³/mol. The summed E-state index contributed by atoms with van der Waals surface area (Å²) < 4.78 is 9.80. The summed E-state index contributed by atoms with van der Waals surface area (Å²) in [5.74, 6) is -0.776. The molecule has 2 aromatic carbocycles. The van der Waals surface area contributed by atoms with Crippen molar-refractivity contribution in [1.29, 1.82) is 5.26 Å². The lowest BCUT2D eigenvalue weighted by molar-refractivity contribution is 0.0564. The Morgan fingerprint density at radius 2 is 1.65 bits per heavy atom. The van der Waals surface area contributed by atoms with Gasteiger partial charge in [0.05, 0.1) is 12.8 Å². The Kier molecular flexibility index (Phi) is 5.11. The van der Waals surface area contributed by atoms with E-state index in [1.54, 1.807) is 0 Å². The van der Waals surface area contributed by atoms with Crippen LogP contribution in [-0.2, 0) is 4.74 Å². The van der Waals surface area contributed by atoms with Gasteiger partial charge in [0, 0.05) is 17.2 Å². The topological polar surface area (TPSA) is 87.6 Å². The molecule has 3 aromatic rings. The van der Waals surface area contributed by atoms with Crippen LogP contribution in [0.4, 0.5) is 5.69 Å². The standard InChI is InChI=1S/C20H15N3O3/c1-25-20(24)17-12-16(18(13-21)26-17)22-23-19(14-8-4-2-5-9-14)15-10-6-3-7-11-15/h2-12,22H,1H3. The van der Waals surface area contributed by atoms with Gasteiger partial charge in [0.15, 0.2) is 0 Å². The van der Waals surface area contributed by atoms with E-state index >= 15 is 0 Å². The van der Waals surface area contributed by atoms with Crippen LogP contribution in [0.25, 0.3) is 0 Å². The molecule has 0 fully saturated rings. The lowest BCUT2D eigenvalue weighted by atomic mass is 10.0. The monoisotopic (exact) mass is 345 g/mol. The highest BCUT2D eigenvalue weighted by atomic mass is 16.5. The average Bonchev–Trinajstić information content (AvgIpc) is 3.12. The van der Waals surface area contributed by atoms with Crippen molar-refractivity contribution in [2.75, 3.05) is 12.5 Å². The molecule has 0 saturated carbocycles. The number of furan rings is 1. The fourth-order valence-electron chi connectivity index (χ4n) is 2.36. The molecule has 1 heterocycles. The third kappa shape index (κ3) is 3.62. The number of nitrogens with one attached hydrogen (secondary N) is 1. The van der Waals surface area contributed by atoms with E-state index in [0.29, 0.717) is 5.71 Å². The number of nitrogens with zero attached hydrogens (tertiary/aromatic N) is 2. The number of esters is 1. The number of carbonyl (C=O) groups excluding carboxylic acids is 1. The maximum atomic E-state index is 11.6. The van der Waals surface area contributed by atoms with Crippen molar-refractivity contribution in [3.05, 3.63) is 89.4 Å². The molecular formula is C20H15N3O3. The van der Waals surface area contributed by atoms with Crippen LogP contribution in [0.3, 0.4) is 0 Å². The molecule has 3 rings (SSSR count). The van der Waals surface area contributed by atoms with Crippen LogP contribution in [0.5, 0.6) is 0 Å². The van der Waals surface area contributed by atoms with Gasteiger partial charge in [-0.3, -0.25) is 5.43 Å². The summed E-state index contributed by atoms with van der Waals surface area (Å²) in [6.07, 6.45) is 0. The molecule has 0 radical (unpaired) electrons. The molecule has 0 amide bonds. The predicted octanol–water partition coefficient (Wildman–Crippen LogP) is 3.80. The third-order valence-corrected chi connectivity index (χ3v) is 3.60. The summed E-state index contributed by atoms with van der Waals surface area (Å²) in [5.41, 5.74) is 5.61. The zero-order chi connectivity index (χ0) is 18.4. The largest absolute Gasteiger partial charge is 0.463 e. The fourth-order valence-corrected chi connectivity index (χ4v) is 2.36. The number of benzene rings is 2. The van der Waals surface area contributed by atoms with Crippen molar-refractivity contribution in [2.45, 2.75) is 0 Å². The zero-order valence-electron chi connectivity index (χ0n) is 14.0. The van der Waals surface area contributed by atoms with Crippen LogP contribution in [0.1, 0.15) is 27.4 Å². The molecule has 0 aliphatic carbocycles. The SMILES string of the molecule is COC(=O)c1cc(NN=C(c2ccccc2)c2ccccc2)c(C#N)o1. The summed E-state index contributed by atoms with van der Waals surface area (Å²) in [5, 5.41) is 13.6. The summed E-state index contributed by atoms with van der Waals surface area (Å²) in [7, 11) is 1.24. The summed E-state index contributed by atoms with van der Waals surface area (Å²) in [6, 6.07) is 22.6. The second kappa shape index (κ2) is 7.81. The van der Waals surface area contributed by atoms with Gasteiger partial charge in [-0.25, -0.2) is 4.79 Å². The first-order valence-electron chi connectivity index (χ1n) is 7.79. The Morgan fingerprint density at radius 3 is 2.15 bits per heavy atom. The number of ether oxygens (including phenoxy) is 1. The Morgan fingerprint density at radius 1 is 1.08 bits per heavy atom. The molecule has 0 aliphatic heterocycles. The number of hydrazone groups is 1. The molecule has 0 aliphatic rings. The molecule has 6 heteroatoms. The van der Waals surface area contributed by atoms with Crippen molar-refractivity contribution < 1.29 is 13.9 Å². The smallest absolute Gasteiger partial charge is 0.374 e. The van der Waals surface area contributed by atoms with Gasteiger partial charge < -0.3 is 9.15 Å². The van der Waals surface area contributed by atoms with Gasteiger partial charge in [0.1, 0.15) is 11.8 Å². The maximum Gasteiger partial charge on any atom is 0.374 e. The molecule has 26 heavy (non-hydrogen) atoms. The number of anilines is 1. The van der Waals surface area contributed by atoms with E-state index < -0.39 is 5.97 Å². The lowest BCUT2D eigenvalue weighted by Gasteiger charge is -2.07. The average molecular weight is 345 g/mol. The Hall–Kier alpha value is -3.85. The van der Waals surface area contributed by atoms with Gasteiger partial charge in [0.25, 0.3) is 0 Å². The first kappa shape index (κ1) is 17.0. The van der Waals surface area contributed by atoms with Gasteiger partial charge in [-0.1, -0.05) is 60.7 Å². The minimum absolute atomic E-state index is 0.0466. The number of hydrogen-bond donors (Lipinski definition) is 1. The number of nitriles is 1. The molecule has 0 saturated heterocycles. The van der Waals surface area contributed by atoms with Crippen LogP contribution >= 0.6 is 0 Å². The van der Waals surface area contributed by atoms with E-state index in [1.165, 1.54) is 13.2 Å². The molecular weight excluding hydrogens is 330 g/mol. The summed E-state index contributed by atoms with van der Waals surface area (Å²) in [4.78, 5) is 11.6. The van der Waals surface area contributed by atoms with Gasteiger partial charge in [-0.05, 0) is 0 Å². The Balaban J connectivity index is 1.99. The fraction of sp³-hybridized carbons (Fsp3) is 0.0500. The normalized spacial score (nSPS) is 9.85. The van der Waals surface area contributed by atoms with Gasteiger partial charge in [0.2, 0.25) is 11.5 Å². The van der Waals surface area contributed by atoms with Gasteiger partial charge >= 0.3 is 5.97 Å². The van der Waals surface area contributed by atoms with E-state index in [0.717, 1.165) is 11.1 Å². The third-order valence-electron chi connectivity index (χ3n) is 3.60. The van der Waals surface area contributed by atoms with Crippen LogP contribution in [0.2, 0.25) is 0 Å². The van der Waals surface area contributed by atoms with E-state index in [4.69, 9.17) is 4.42 Å². The van der Waals surface area contributed by atoms with Crippen molar-refractivity contribution in [2.24, 2.45) is 5.10 Å². The summed E-state index contributed by atoms with van der Waals surface area (Å²) >= 11 is 0. The van der Waals surface area contributed by atoms with Crippen molar-refractivity contribution in [1.82, 2.24) is 0 Å². The van der Waals surface area contributed by atoms with Crippen molar-refractivity contribution in [3.63, 3.8) is 0 Å². The highest BCUT2D eigenvalue weighted by molar-refractivity contribution is 6.13. The van der Waals surface area contributed by atoms with Crippen LogP contribution in [0.15, 0.2) is 76.2 Å². The minimum Gasteiger partial charge on any atom is -0.463 e. The first-order chi connectivity index (χ1) is 12.7. The first-order valence-corrected chi connectivity index (χ1v) is 7.79. The number of rotatable bonds is 5. The van der Waals surface area contributed by atoms with Gasteiger partial charge in [-0.15, -0.1) is 0 Å². The highest BCUT2D eigenvalue weighted by Crippen LogP contribution is 2.22. The molecule has 0 spiro atoms. The van der Waals surface area contributed by atoms with Gasteiger partial charge in [-0.2, -0.15) is 10.4 Å². The number of hydrogen-bond acceptors (Lipinski definition) is 6. The van der Waals surface area contributed by atoms with E-state index in [9.17, 15) is 10.1 Å².